The summed E-state index contributed by atoms with van der Waals surface area (Å²) in [7, 11) is 3.02. The van der Waals surface area contributed by atoms with Gasteiger partial charge in [0.25, 0.3) is 11.8 Å². The summed E-state index contributed by atoms with van der Waals surface area (Å²) in [5.74, 6) is 0.0662. The molecule has 21 nitrogen and oxygen atoms in total. The molecule has 0 unspecified atom stereocenters. The number of methoxy groups -OCH3 is 3. The molecule has 0 saturated carbocycles. The van der Waals surface area contributed by atoms with Crippen molar-refractivity contribution >= 4 is 84.4 Å². The van der Waals surface area contributed by atoms with E-state index in [0.29, 0.717) is 79.8 Å². The molecule has 5 aromatic heterocycles. The Balaban J connectivity index is 0.000000268. The van der Waals surface area contributed by atoms with E-state index in [2.05, 4.69) is 71.3 Å². The van der Waals surface area contributed by atoms with Crippen molar-refractivity contribution in [2.45, 2.75) is 76.7 Å². The van der Waals surface area contributed by atoms with E-state index in [0.717, 1.165) is 81.9 Å². The molecule has 0 aliphatic carbocycles. The quantitative estimate of drug-likeness (QED) is 0.0650. The first kappa shape index (κ1) is 78.0. The first-order valence-electron chi connectivity index (χ1n) is 29.6. The number of alkyl halides is 1. The Morgan fingerprint density at radius 1 is 0.490 bits per heavy atom. The molecule has 0 radical (unpaired) electrons. The molecule has 0 saturated heterocycles. The number of carbonyl (C=O) groups excluding carboxylic acids is 3. The summed E-state index contributed by atoms with van der Waals surface area (Å²) in [5.41, 5.74) is 21.5. The van der Waals surface area contributed by atoms with Gasteiger partial charge < -0.3 is 57.9 Å². The van der Waals surface area contributed by atoms with Crippen molar-refractivity contribution in [2.75, 3.05) is 28.5 Å². The molecule has 5 N–H and O–H groups in total. The molecule has 0 atom stereocenters. The SMILES string of the molecule is C.C=C(N)c1cc2c(C)ccc(C)c2o1.COC(=O)c1ccc(-c2nc(-c3cc4c(C)ccc(C)c4o3)no2)cc1C.COC(=O)c1ccc(Br)cc1C.COC(=O)c1ccc(C(=O)O)cc1C.Cc1cc(-c2nc(-c3cc4c(C)ccc(C)c4o3)no2)ccc1C(=O)O.[2H]CF.[Li+].[OH-]. The fourth-order valence-electron chi connectivity index (χ4n) is 9.71. The normalized spacial score (nSPS) is 10.3. The summed E-state index contributed by atoms with van der Waals surface area (Å²) in [6.45, 7) is 22.9. The third-order valence-electron chi connectivity index (χ3n) is 15.0. The number of ether oxygens (including phenoxy) is 3. The van der Waals surface area contributed by atoms with Crippen molar-refractivity contribution in [1.82, 2.24) is 20.3 Å². The van der Waals surface area contributed by atoms with Gasteiger partial charge in [0.15, 0.2) is 11.5 Å². The molecule has 0 bridgehead atoms. The molecule has 0 fully saturated rings. The Bertz CT molecular complexity index is 4780. The maximum absolute atomic E-state index is 11.7. The maximum Gasteiger partial charge on any atom is 1.00 e. The standard InChI is InChI=1S/C21H18N2O4.C20H16N2O4.C12H13NO.C10H10O4.C9H9BrO2.CH3F.CH4.Li.H2O/c1-11-5-6-12(2)18-16(11)10-17(26-18)19-22-20(27-23-19)14-7-8-15(13(3)9-14)21(24)25-4;1-10-4-5-11(2)17-15(10)9-16(25-17)18-21-19(26-22-18)13-6-7-14(20(23)24)12(3)8-13;1-7-4-5-8(2)12-10(7)6-11(14-12)9(3)13;1-6-5-7(9(11)12)3-4-8(6)10(13)14-2;1-6-5-7(10)3-4-8(6)9(11)12-2;1-2;;;/h5-10H,1-4H3;4-9H,1-3H3,(H,23,24);4-6H,3,13H2,1-2H3;3-5H,1-2H3,(H,11,12);3-5H,1-2H3;1H3;1H4;;1H2/q;;;;;;;+1;/p-1/i;;;;;1D;;;. The van der Waals surface area contributed by atoms with Crippen LogP contribution in [0.4, 0.5) is 4.39 Å². The van der Waals surface area contributed by atoms with E-state index in [9.17, 15) is 28.4 Å². The zero-order valence-corrected chi connectivity index (χ0v) is 57.4. The van der Waals surface area contributed by atoms with E-state index in [1.165, 1.54) is 51.2 Å². The van der Waals surface area contributed by atoms with Gasteiger partial charge in [-0.3, -0.25) is 4.39 Å². The van der Waals surface area contributed by atoms with Crippen LogP contribution in [0.3, 0.4) is 0 Å². The molecule has 0 aliphatic heterocycles. The van der Waals surface area contributed by atoms with Crippen molar-refractivity contribution in [1.29, 1.82) is 0 Å². The Morgan fingerprint density at radius 2 is 0.837 bits per heavy atom. The van der Waals surface area contributed by atoms with Crippen LogP contribution in [-0.4, -0.2) is 94.3 Å². The number of rotatable bonds is 10. The number of hydrogen-bond donors (Lipinski definition) is 3. The second-order valence-corrected chi connectivity index (χ2v) is 22.6. The summed E-state index contributed by atoms with van der Waals surface area (Å²) in [6.07, 6.45) is 0. The summed E-state index contributed by atoms with van der Waals surface area (Å²) in [4.78, 5) is 64.6. The third-order valence-corrected chi connectivity index (χ3v) is 15.5. The van der Waals surface area contributed by atoms with Gasteiger partial charge in [-0.15, -0.1) is 0 Å². The van der Waals surface area contributed by atoms with Crippen molar-refractivity contribution < 1.29 is 101 Å². The molecule has 12 aromatic rings. The number of carboxylic acid groups (broad SMARTS) is 2. The summed E-state index contributed by atoms with van der Waals surface area (Å²) in [6, 6.07) is 37.9. The van der Waals surface area contributed by atoms with Crippen LogP contribution < -0.4 is 24.6 Å². The van der Waals surface area contributed by atoms with E-state index < -0.39 is 25.1 Å². The number of carbonyl (C=O) groups is 5. The van der Waals surface area contributed by atoms with Gasteiger partial charge in [-0.1, -0.05) is 76.6 Å². The van der Waals surface area contributed by atoms with Gasteiger partial charge in [0.2, 0.25) is 11.6 Å². The van der Waals surface area contributed by atoms with Crippen molar-refractivity contribution in [3.05, 3.63) is 228 Å². The molecular weight excluding hydrogens is 1320 g/mol. The van der Waals surface area contributed by atoms with Crippen LogP contribution in [0.25, 0.3) is 84.7 Å². The Morgan fingerprint density at radius 3 is 1.17 bits per heavy atom. The molecular formula is C74H74BrFLiN5O16. The van der Waals surface area contributed by atoms with Crippen LogP contribution in [0.5, 0.6) is 0 Å². The fourth-order valence-corrected chi connectivity index (χ4v) is 10.2. The zero-order valence-electron chi connectivity index (χ0n) is 56.8. The minimum Gasteiger partial charge on any atom is -0.870 e. The molecule has 5 heterocycles. The van der Waals surface area contributed by atoms with E-state index in [1.807, 2.05) is 109 Å². The molecule has 24 heteroatoms. The van der Waals surface area contributed by atoms with Gasteiger partial charge in [-0.05, 0) is 216 Å². The molecule has 12 rings (SSSR count). The van der Waals surface area contributed by atoms with Gasteiger partial charge >= 0.3 is 48.7 Å². The molecule has 7 aromatic carbocycles. The van der Waals surface area contributed by atoms with Crippen LogP contribution in [0.1, 0.15) is 122 Å². The number of esters is 3. The zero-order chi connectivity index (χ0) is 70.4. The van der Waals surface area contributed by atoms with Crippen LogP contribution in [0.2, 0.25) is 0 Å². The number of benzene rings is 7. The number of carboxylic acids is 2. The average molecular weight is 1400 g/mol. The predicted molar refractivity (Wildman–Crippen MR) is 371 cm³/mol. The number of halogens is 2. The number of nitrogens with two attached hydrogens (primary N) is 1. The topological polar surface area (TPSA) is 327 Å². The molecule has 506 valence electrons. The van der Waals surface area contributed by atoms with Crippen molar-refractivity contribution in [2.24, 2.45) is 5.73 Å². The van der Waals surface area contributed by atoms with Gasteiger partial charge in [0, 0.05) is 31.8 Å². The Hall–Kier alpha value is -10.7. The molecule has 98 heavy (non-hydrogen) atoms. The number of fused-ring (bicyclic) bond motifs is 3. The Kier molecular flexibility index (Phi) is 28.1. The maximum atomic E-state index is 11.7. The smallest absolute Gasteiger partial charge is 0.870 e. The second-order valence-electron chi connectivity index (χ2n) is 21.7. The second kappa shape index (κ2) is 35.3. The Labute approximate surface area is 586 Å². The van der Waals surface area contributed by atoms with Gasteiger partial charge in [-0.25, -0.2) is 24.0 Å². The van der Waals surface area contributed by atoms with E-state index in [4.69, 9.17) is 44.4 Å². The van der Waals surface area contributed by atoms with Crippen LogP contribution in [-0.2, 0) is 14.2 Å². The number of hydrogen-bond acceptors (Lipinski definition) is 19. The number of aromatic carboxylic acids is 2. The molecule has 0 spiro atoms. The number of nitrogens with zero attached hydrogens (tertiary/aromatic N) is 4. The number of aryl methyl sites for hydroxylation is 10. The number of aromatic nitrogens is 4. The minimum atomic E-state index is -1.01. The van der Waals surface area contributed by atoms with Crippen LogP contribution in [0.15, 0.2) is 161 Å². The largest absolute Gasteiger partial charge is 1.00 e. The summed E-state index contributed by atoms with van der Waals surface area (Å²) >= 11 is 3.32. The van der Waals surface area contributed by atoms with E-state index >= 15 is 0 Å². The number of furan rings is 3. The monoisotopic (exact) mass is 1390 g/mol. The van der Waals surface area contributed by atoms with Gasteiger partial charge in [0.1, 0.15) is 22.5 Å². The van der Waals surface area contributed by atoms with Gasteiger partial charge in [0.05, 0.1) is 63.4 Å². The van der Waals surface area contributed by atoms with Gasteiger partial charge in [-0.2, -0.15) is 9.97 Å². The van der Waals surface area contributed by atoms with Crippen molar-refractivity contribution in [3.63, 3.8) is 0 Å². The van der Waals surface area contributed by atoms with Crippen molar-refractivity contribution in [3.8, 4) is 46.1 Å². The first-order valence-corrected chi connectivity index (χ1v) is 29.7. The van der Waals surface area contributed by atoms with Crippen LogP contribution in [0, 0.1) is 69.2 Å². The van der Waals surface area contributed by atoms with E-state index in [1.54, 1.807) is 44.2 Å². The van der Waals surface area contributed by atoms with E-state index in [-0.39, 0.29) is 54.8 Å². The first-order chi connectivity index (χ1) is 45.6. The third kappa shape index (κ3) is 18.6. The predicted octanol–water partition coefficient (Wildman–Crippen LogP) is 14.7. The summed E-state index contributed by atoms with van der Waals surface area (Å²) < 4.78 is 58.6. The van der Waals surface area contributed by atoms with Crippen LogP contribution >= 0.6 is 15.9 Å². The minimum absolute atomic E-state index is 0. The molecule has 0 aliphatic rings. The molecule has 0 amide bonds. The fraction of sp³-hybridized carbons (Fsp3) is 0.203. The average Bonchev–Trinajstić information content (AvgIpc) is 1.65. The summed E-state index contributed by atoms with van der Waals surface area (Å²) in [5, 5.41) is 29.0.